The number of amides is 2. The summed E-state index contributed by atoms with van der Waals surface area (Å²) >= 11 is 0. The highest BCUT2D eigenvalue weighted by atomic mass is 19.1. The van der Waals surface area contributed by atoms with Gasteiger partial charge < -0.3 is 10.2 Å². The molecular formula is C16H21FN2O2. The summed E-state index contributed by atoms with van der Waals surface area (Å²) in [7, 11) is 0. The fourth-order valence-electron chi connectivity index (χ4n) is 2.58. The van der Waals surface area contributed by atoms with Gasteiger partial charge >= 0.3 is 0 Å². The van der Waals surface area contributed by atoms with Gasteiger partial charge in [-0.3, -0.25) is 9.59 Å². The molecular weight excluding hydrogens is 271 g/mol. The first kappa shape index (κ1) is 15.5. The second-order valence-electron chi connectivity index (χ2n) is 5.43. The maximum atomic E-state index is 12.9. The van der Waals surface area contributed by atoms with Gasteiger partial charge in [0.05, 0.1) is 0 Å². The Balaban J connectivity index is 2.03. The molecule has 0 saturated carbocycles. The predicted octanol–water partition coefficient (Wildman–Crippen LogP) is 1.88. The van der Waals surface area contributed by atoms with Crippen molar-refractivity contribution < 1.29 is 14.0 Å². The van der Waals surface area contributed by atoms with Crippen LogP contribution in [-0.4, -0.2) is 35.3 Å². The van der Waals surface area contributed by atoms with Crippen molar-refractivity contribution in [3.8, 4) is 0 Å². The minimum absolute atomic E-state index is 0.0222. The van der Waals surface area contributed by atoms with Gasteiger partial charge in [-0.05, 0) is 37.5 Å². The lowest BCUT2D eigenvalue weighted by Crippen LogP contribution is -2.62. The zero-order valence-corrected chi connectivity index (χ0v) is 12.4. The molecule has 1 saturated heterocycles. The molecule has 2 atom stereocenters. The molecule has 2 unspecified atom stereocenters. The van der Waals surface area contributed by atoms with Gasteiger partial charge in [0, 0.05) is 6.54 Å². The lowest BCUT2D eigenvalue weighted by atomic mass is 10.0. The van der Waals surface area contributed by atoms with Crippen molar-refractivity contribution in [2.75, 3.05) is 6.54 Å². The summed E-state index contributed by atoms with van der Waals surface area (Å²) in [6.45, 7) is 4.19. The third-order valence-corrected chi connectivity index (χ3v) is 3.88. The van der Waals surface area contributed by atoms with Crippen LogP contribution in [0.25, 0.3) is 0 Å². The van der Waals surface area contributed by atoms with Crippen LogP contribution in [0, 0.1) is 5.82 Å². The molecule has 1 aromatic carbocycles. The molecule has 114 valence electrons. The van der Waals surface area contributed by atoms with E-state index in [1.54, 1.807) is 24.0 Å². The zero-order chi connectivity index (χ0) is 15.4. The van der Waals surface area contributed by atoms with E-state index in [0.29, 0.717) is 19.4 Å². The van der Waals surface area contributed by atoms with Crippen LogP contribution in [0.3, 0.4) is 0 Å². The summed E-state index contributed by atoms with van der Waals surface area (Å²) in [5.41, 5.74) is 0.953. The molecule has 0 aromatic heterocycles. The highest BCUT2D eigenvalue weighted by Gasteiger charge is 2.36. The summed E-state index contributed by atoms with van der Waals surface area (Å²) in [5.74, 6) is -0.401. The number of hydrogen-bond acceptors (Lipinski definition) is 2. The van der Waals surface area contributed by atoms with E-state index in [-0.39, 0.29) is 17.6 Å². The Morgan fingerprint density at radius 2 is 1.90 bits per heavy atom. The van der Waals surface area contributed by atoms with Gasteiger partial charge in [-0.1, -0.05) is 25.5 Å². The Morgan fingerprint density at radius 1 is 1.24 bits per heavy atom. The molecule has 0 spiro atoms. The highest BCUT2D eigenvalue weighted by molar-refractivity contribution is 5.96. The van der Waals surface area contributed by atoms with Crippen LogP contribution < -0.4 is 5.32 Å². The van der Waals surface area contributed by atoms with Gasteiger partial charge in [0.1, 0.15) is 17.9 Å². The lowest BCUT2D eigenvalue weighted by molar-refractivity contribution is -0.148. The van der Waals surface area contributed by atoms with E-state index in [2.05, 4.69) is 5.32 Å². The van der Waals surface area contributed by atoms with E-state index >= 15 is 0 Å². The van der Waals surface area contributed by atoms with E-state index < -0.39 is 12.1 Å². The number of hydrogen-bond donors (Lipinski definition) is 1. The molecule has 5 heteroatoms. The second kappa shape index (κ2) is 6.70. The Morgan fingerprint density at radius 3 is 2.52 bits per heavy atom. The fraction of sp³-hybridized carbons (Fsp3) is 0.500. The molecule has 2 amide bonds. The molecule has 1 aliphatic rings. The normalized spacial score (nSPS) is 22.3. The van der Waals surface area contributed by atoms with Crippen LogP contribution in [0.4, 0.5) is 4.39 Å². The van der Waals surface area contributed by atoms with E-state index in [0.717, 1.165) is 12.0 Å². The number of nitrogens with zero attached hydrogens (tertiary/aromatic N) is 1. The average molecular weight is 292 g/mol. The van der Waals surface area contributed by atoms with Crippen LogP contribution >= 0.6 is 0 Å². The lowest BCUT2D eigenvalue weighted by Gasteiger charge is -2.37. The van der Waals surface area contributed by atoms with Gasteiger partial charge in [-0.15, -0.1) is 0 Å². The number of rotatable bonds is 5. The van der Waals surface area contributed by atoms with E-state index in [1.165, 1.54) is 12.1 Å². The minimum Gasteiger partial charge on any atom is -0.343 e. The van der Waals surface area contributed by atoms with Gasteiger partial charge in [0.2, 0.25) is 11.8 Å². The van der Waals surface area contributed by atoms with Gasteiger partial charge in [0.15, 0.2) is 0 Å². The predicted molar refractivity (Wildman–Crippen MR) is 78.1 cm³/mol. The van der Waals surface area contributed by atoms with Crippen molar-refractivity contribution in [3.63, 3.8) is 0 Å². The Kier molecular flexibility index (Phi) is 4.94. The standard InChI is InChI=1S/C16H21FN2O2/c1-3-4-14-16(21)19(11(2)15(20)18-14)10-9-12-5-7-13(17)8-6-12/h5-8,11,14H,3-4,9-10H2,1-2H3,(H,18,20). The molecule has 1 aromatic rings. The molecule has 1 N–H and O–H groups in total. The Hall–Kier alpha value is -1.91. The Bertz CT molecular complexity index is 516. The number of benzene rings is 1. The Labute approximate surface area is 124 Å². The smallest absolute Gasteiger partial charge is 0.245 e. The van der Waals surface area contributed by atoms with Crippen molar-refractivity contribution in [3.05, 3.63) is 35.6 Å². The van der Waals surface area contributed by atoms with Crippen LogP contribution in [0.1, 0.15) is 32.3 Å². The number of carbonyl (C=O) groups excluding carboxylic acids is 2. The first-order chi connectivity index (χ1) is 10.0. The number of halogens is 1. The quantitative estimate of drug-likeness (QED) is 0.901. The molecule has 0 aliphatic carbocycles. The molecule has 2 rings (SSSR count). The van der Waals surface area contributed by atoms with Crippen LogP contribution in [0.15, 0.2) is 24.3 Å². The second-order valence-corrected chi connectivity index (χ2v) is 5.43. The van der Waals surface area contributed by atoms with E-state index in [1.807, 2.05) is 6.92 Å². The minimum atomic E-state index is -0.453. The van der Waals surface area contributed by atoms with Gasteiger partial charge in [0.25, 0.3) is 0 Å². The fourth-order valence-corrected chi connectivity index (χ4v) is 2.58. The number of nitrogens with one attached hydrogen (secondary N) is 1. The largest absolute Gasteiger partial charge is 0.343 e. The summed E-state index contributed by atoms with van der Waals surface area (Å²) in [6.07, 6.45) is 2.11. The van der Waals surface area contributed by atoms with Crippen molar-refractivity contribution in [1.82, 2.24) is 10.2 Å². The first-order valence-corrected chi connectivity index (χ1v) is 7.38. The van der Waals surface area contributed by atoms with Gasteiger partial charge in [-0.2, -0.15) is 0 Å². The van der Waals surface area contributed by atoms with E-state index in [4.69, 9.17) is 0 Å². The molecule has 4 nitrogen and oxygen atoms in total. The molecule has 21 heavy (non-hydrogen) atoms. The summed E-state index contributed by atoms with van der Waals surface area (Å²) in [5, 5.41) is 2.77. The van der Waals surface area contributed by atoms with Gasteiger partial charge in [-0.25, -0.2) is 4.39 Å². The maximum absolute atomic E-state index is 12.9. The van der Waals surface area contributed by atoms with Crippen molar-refractivity contribution in [2.45, 2.75) is 45.2 Å². The highest BCUT2D eigenvalue weighted by Crippen LogP contribution is 2.14. The average Bonchev–Trinajstić information content (AvgIpc) is 2.47. The van der Waals surface area contributed by atoms with Crippen molar-refractivity contribution >= 4 is 11.8 Å². The topological polar surface area (TPSA) is 49.4 Å². The van der Waals surface area contributed by atoms with Crippen LogP contribution in [0.2, 0.25) is 0 Å². The maximum Gasteiger partial charge on any atom is 0.245 e. The first-order valence-electron chi connectivity index (χ1n) is 7.38. The number of piperazine rings is 1. The molecule has 1 aliphatic heterocycles. The molecule has 0 radical (unpaired) electrons. The van der Waals surface area contributed by atoms with Crippen LogP contribution in [0.5, 0.6) is 0 Å². The van der Waals surface area contributed by atoms with Crippen LogP contribution in [-0.2, 0) is 16.0 Å². The van der Waals surface area contributed by atoms with E-state index in [9.17, 15) is 14.0 Å². The summed E-state index contributed by atoms with van der Waals surface area (Å²) in [4.78, 5) is 26.0. The SMILES string of the molecule is CCCC1NC(=O)C(C)N(CCc2ccc(F)cc2)C1=O. The number of carbonyl (C=O) groups is 2. The third kappa shape index (κ3) is 3.60. The third-order valence-electron chi connectivity index (χ3n) is 3.88. The molecule has 1 heterocycles. The van der Waals surface area contributed by atoms with Crippen molar-refractivity contribution in [2.24, 2.45) is 0 Å². The van der Waals surface area contributed by atoms with Crippen molar-refractivity contribution in [1.29, 1.82) is 0 Å². The summed E-state index contributed by atoms with van der Waals surface area (Å²) in [6, 6.07) is 5.36. The zero-order valence-electron chi connectivity index (χ0n) is 12.4. The molecule has 0 bridgehead atoms. The monoisotopic (exact) mass is 292 g/mol. The molecule has 1 fully saturated rings. The summed E-state index contributed by atoms with van der Waals surface area (Å²) < 4.78 is 12.9.